The van der Waals surface area contributed by atoms with Crippen LogP contribution in [0.1, 0.15) is 15.9 Å². The molecule has 0 unspecified atom stereocenters. The summed E-state index contributed by atoms with van der Waals surface area (Å²) in [7, 11) is 1.58. The molecule has 0 bridgehead atoms. The molecule has 1 amide bonds. The normalized spacial score (nSPS) is 11.1. The molecule has 7 heteroatoms. The van der Waals surface area contributed by atoms with Crippen molar-refractivity contribution in [3.8, 4) is 0 Å². The van der Waals surface area contributed by atoms with Gasteiger partial charge in [0.2, 0.25) is 5.56 Å². The number of ether oxygens (including phenoxy) is 1. The monoisotopic (exact) mass is 365 g/mol. The Kier molecular flexibility index (Phi) is 4.24. The molecule has 4 aromatic rings. The number of hydrogen-bond acceptors (Lipinski definition) is 5. The number of pyridine rings is 1. The lowest BCUT2D eigenvalue weighted by Gasteiger charge is -2.09. The summed E-state index contributed by atoms with van der Waals surface area (Å²) in [6.07, 6.45) is 0. The fourth-order valence-electron chi connectivity index (χ4n) is 2.88. The molecule has 130 valence electrons. The molecular formula is C19H15N3O3S. The molecule has 0 radical (unpaired) electrons. The molecule has 0 atom stereocenters. The molecule has 26 heavy (non-hydrogen) atoms. The van der Waals surface area contributed by atoms with Gasteiger partial charge in [-0.25, -0.2) is 4.98 Å². The Morgan fingerprint density at radius 1 is 1.23 bits per heavy atom. The number of anilines is 1. The summed E-state index contributed by atoms with van der Waals surface area (Å²) >= 11 is 1.49. The lowest BCUT2D eigenvalue weighted by molar-refractivity contribution is 0.102. The van der Waals surface area contributed by atoms with Crippen LogP contribution >= 0.6 is 11.3 Å². The first-order chi connectivity index (χ1) is 12.6. The van der Waals surface area contributed by atoms with E-state index in [-0.39, 0.29) is 11.5 Å². The summed E-state index contributed by atoms with van der Waals surface area (Å²) in [6, 6.07) is 12.3. The van der Waals surface area contributed by atoms with E-state index in [2.05, 4.69) is 15.3 Å². The highest BCUT2D eigenvalue weighted by molar-refractivity contribution is 7.16. The molecule has 0 fully saturated rings. The average Bonchev–Trinajstić information content (AvgIpc) is 3.09. The molecule has 0 spiro atoms. The second-order valence-corrected chi connectivity index (χ2v) is 6.73. The summed E-state index contributed by atoms with van der Waals surface area (Å²) < 4.78 is 6.11. The number of nitrogens with zero attached hydrogens (tertiary/aromatic N) is 1. The number of benzene rings is 2. The van der Waals surface area contributed by atoms with Crippen LogP contribution in [0.5, 0.6) is 0 Å². The average molecular weight is 365 g/mol. The Morgan fingerprint density at radius 3 is 2.96 bits per heavy atom. The van der Waals surface area contributed by atoms with Crippen molar-refractivity contribution >= 4 is 44.1 Å². The molecule has 6 nitrogen and oxygen atoms in total. The predicted molar refractivity (Wildman–Crippen MR) is 103 cm³/mol. The zero-order valence-electron chi connectivity index (χ0n) is 13.9. The minimum atomic E-state index is -0.213. The maximum atomic E-state index is 12.5. The van der Waals surface area contributed by atoms with E-state index in [0.29, 0.717) is 23.4 Å². The van der Waals surface area contributed by atoms with Crippen molar-refractivity contribution in [2.45, 2.75) is 6.61 Å². The summed E-state index contributed by atoms with van der Waals surface area (Å²) in [5, 5.41) is 3.75. The van der Waals surface area contributed by atoms with E-state index in [4.69, 9.17) is 4.74 Å². The van der Waals surface area contributed by atoms with Gasteiger partial charge in [0.15, 0.2) is 0 Å². The highest BCUT2D eigenvalue weighted by Crippen LogP contribution is 2.22. The van der Waals surface area contributed by atoms with Gasteiger partial charge >= 0.3 is 0 Å². The van der Waals surface area contributed by atoms with Crippen LogP contribution in [0.25, 0.3) is 21.1 Å². The van der Waals surface area contributed by atoms with Gasteiger partial charge in [-0.05, 0) is 35.9 Å². The number of methoxy groups -OCH3 is 1. The largest absolute Gasteiger partial charge is 0.380 e. The number of carbonyl (C=O) groups is 1. The summed E-state index contributed by atoms with van der Waals surface area (Å²) in [4.78, 5) is 31.4. The van der Waals surface area contributed by atoms with Crippen molar-refractivity contribution in [3.63, 3.8) is 0 Å². The van der Waals surface area contributed by atoms with E-state index >= 15 is 0 Å². The Hall–Kier alpha value is -3.03. The molecule has 0 aliphatic rings. The minimum absolute atomic E-state index is 0.205. The number of aromatic amines is 1. The van der Waals surface area contributed by atoms with Gasteiger partial charge in [0.25, 0.3) is 5.91 Å². The van der Waals surface area contributed by atoms with Crippen LogP contribution in [-0.2, 0) is 11.3 Å². The van der Waals surface area contributed by atoms with Gasteiger partial charge in [0, 0.05) is 29.8 Å². The summed E-state index contributed by atoms with van der Waals surface area (Å²) in [6.45, 7) is 0.348. The fourth-order valence-corrected chi connectivity index (χ4v) is 3.60. The Balaban J connectivity index is 1.66. The zero-order chi connectivity index (χ0) is 18.1. The third-order valence-corrected chi connectivity index (χ3v) is 4.87. The molecule has 0 saturated heterocycles. The van der Waals surface area contributed by atoms with Crippen LogP contribution in [0, 0.1) is 0 Å². The van der Waals surface area contributed by atoms with Gasteiger partial charge in [-0.15, -0.1) is 11.3 Å². The van der Waals surface area contributed by atoms with Crippen LogP contribution in [-0.4, -0.2) is 23.0 Å². The number of rotatable bonds is 4. The van der Waals surface area contributed by atoms with E-state index in [1.165, 1.54) is 17.4 Å². The Labute approximate surface area is 152 Å². The van der Waals surface area contributed by atoms with Gasteiger partial charge in [-0.3, -0.25) is 9.59 Å². The number of amides is 1. The maximum absolute atomic E-state index is 12.5. The van der Waals surface area contributed by atoms with Crippen LogP contribution < -0.4 is 10.9 Å². The second-order valence-electron chi connectivity index (χ2n) is 5.84. The highest BCUT2D eigenvalue weighted by atomic mass is 32.1. The molecule has 2 aromatic heterocycles. The van der Waals surface area contributed by atoms with E-state index in [9.17, 15) is 9.59 Å². The van der Waals surface area contributed by atoms with Crippen molar-refractivity contribution in [1.82, 2.24) is 9.97 Å². The first kappa shape index (κ1) is 16.4. The van der Waals surface area contributed by atoms with Crippen molar-refractivity contribution in [2.24, 2.45) is 0 Å². The quantitative estimate of drug-likeness (QED) is 0.579. The number of carbonyl (C=O) groups excluding carboxylic acids is 1. The molecule has 2 heterocycles. The predicted octanol–water partition coefficient (Wildman–Crippen LogP) is 3.54. The van der Waals surface area contributed by atoms with Crippen LogP contribution in [0.4, 0.5) is 5.69 Å². The van der Waals surface area contributed by atoms with Crippen molar-refractivity contribution in [3.05, 3.63) is 69.5 Å². The summed E-state index contributed by atoms with van der Waals surface area (Å²) in [5.41, 5.74) is 5.05. The topological polar surface area (TPSA) is 84.1 Å². The first-order valence-electron chi connectivity index (χ1n) is 7.93. The second kappa shape index (κ2) is 6.70. The van der Waals surface area contributed by atoms with Crippen molar-refractivity contribution in [1.29, 1.82) is 0 Å². The van der Waals surface area contributed by atoms with Gasteiger partial charge in [0.1, 0.15) is 0 Å². The standard InChI is InChI=1S/C19H15N3O3S/c1-25-9-12-7-18(23)22-16-8-13(3-4-14(12)16)21-19(24)11-2-5-15-17(6-11)26-10-20-15/h2-8,10H,9H2,1H3,(H,21,24)(H,22,23). The van der Waals surface area contributed by atoms with Gasteiger partial charge in [0.05, 0.1) is 27.9 Å². The van der Waals surface area contributed by atoms with E-state index < -0.39 is 0 Å². The molecule has 0 aliphatic carbocycles. The maximum Gasteiger partial charge on any atom is 0.255 e. The molecule has 0 aliphatic heterocycles. The smallest absolute Gasteiger partial charge is 0.255 e. The zero-order valence-corrected chi connectivity index (χ0v) is 14.7. The third kappa shape index (κ3) is 3.10. The lowest BCUT2D eigenvalue weighted by atomic mass is 10.1. The van der Waals surface area contributed by atoms with E-state index in [1.54, 1.807) is 24.8 Å². The van der Waals surface area contributed by atoms with Crippen LogP contribution in [0.15, 0.2) is 52.8 Å². The minimum Gasteiger partial charge on any atom is -0.380 e. The van der Waals surface area contributed by atoms with Crippen molar-refractivity contribution < 1.29 is 9.53 Å². The number of nitrogens with one attached hydrogen (secondary N) is 2. The Bertz CT molecular complexity index is 1180. The van der Waals surface area contributed by atoms with E-state index in [1.807, 2.05) is 24.3 Å². The molecule has 2 aromatic carbocycles. The first-order valence-corrected chi connectivity index (χ1v) is 8.81. The van der Waals surface area contributed by atoms with Crippen molar-refractivity contribution in [2.75, 3.05) is 12.4 Å². The SMILES string of the molecule is COCc1cc(=O)[nH]c2cc(NC(=O)c3ccc4ncsc4c3)ccc12. The molecule has 2 N–H and O–H groups in total. The third-order valence-electron chi connectivity index (χ3n) is 4.08. The number of hydrogen-bond donors (Lipinski definition) is 2. The lowest BCUT2D eigenvalue weighted by Crippen LogP contribution is -2.12. The fraction of sp³-hybridized carbons (Fsp3) is 0.105. The molecule has 0 saturated carbocycles. The number of aromatic nitrogens is 2. The number of fused-ring (bicyclic) bond motifs is 2. The van der Waals surface area contributed by atoms with Gasteiger partial charge in [-0.1, -0.05) is 6.07 Å². The van der Waals surface area contributed by atoms with Crippen LogP contribution in [0.2, 0.25) is 0 Å². The molecule has 4 rings (SSSR count). The van der Waals surface area contributed by atoms with Gasteiger partial charge < -0.3 is 15.0 Å². The van der Waals surface area contributed by atoms with Gasteiger partial charge in [-0.2, -0.15) is 0 Å². The summed E-state index contributed by atoms with van der Waals surface area (Å²) in [5.74, 6) is -0.213. The van der Waals surface area contributed by atoms with Crippen LogP contribution in [0.3, 0.4) is 0 Å². The number of thiazole rings is 1. The Morgan fingerprint density at radius 2 is 2.12 bits per heavy atom. The highest BCUT2D eigenvalue weighted by Gasteiger charge is 2.10. The van der Waals surface area contributed by atoms with E-state index in [0.717, 1.165) is 21.2 Å². The molecular weight excluding hydrogens is 350 g/mol. The number of H-pyrrole nitrogens is 1.